The van der Waals surface area contributed by atoms with Gasteiger partial charge in [-0.2, -0.15) is 0 Å². The van der Waals surface area contributed by atoms with Crippen LogP contribution < -0.4 is 11.1 Å². The summed E-state index contributed by atoms with van der Waals surface area (Å²) < 4.78 is 0.976. The van der Waals surface area contributed by atoms with Crippen molar-refractivity contribution in [2.45, 2.75) is 12.5 Å². The van der Waals surface area contributed by atoms with Crippen molar-refractivity contribution in [3.63, 3.8) is 0 Å². The van der Waals surface area contributed by atoms with Crippen molar-refractivity contribution < 1.29 is 0 Å². The third kappa shape index (κ3) is 4.11. The Morgan fingerprint density at radius 2 is 2.40 bits per heavy atom. The number of aromatic nitrogens is 1. The van der Waals surface area contributed by atoms with E-state index in [0.29, 0.717) is 6.54 Å². The summed E-state index contributed by atoms with van der Waals surface area (Å²) >= 11 is 3.39. The normalized spacial score (nSPS) is 12.4. The molecule has 3 N–H and O–H groups in total. The number of nitrogens with zero attached hydrogens (tertiary/aromatic N) is 1. The average Bonchev–Trinajstić information content (AvgIpc) is 2.24. The lowest BCUT2D eigenvalue weighted by Crippen LogP contribution is -2.28. The monoisotopic (exact) mass is 269 g/mol. The Bertz CT molecular complexity index is 314. The first-order chi connectivity index (χ1) is 7.27. The van der Waals surface area contributed by atoms with E-state index in [1.54, 1.807) is 6.20 Å². The zero-order valence-electron chi connectivity index (χ0n) is 8.62. The van der Waals surface area contributed by atoms with E-state index in [1.807, 2.05) is 18.3 Å². The van der Waals surface area contributed by atoms with Crippen LogP contribution in [0.5, 0.6) is 0 Å². The van der Waals surface area contributed by atoms with E-state index < -0.39 is 0 Å². The van der Waals surface area contributed by atoms with Crippen LogP contribution in [-0.2, 0) is 0 Å². The second-order valence-corrected chi connectivity index (χ2v) is 4.17. The van der Waals surface area contributed by atoms with E-state index in [4.69, 9.17) is 5.73 Å². The first kappa shape index (κ1) is 12.4. The third-order valence-electron chi connectivity index (χ3n) is 2.10. The molecule has 0 aromatic carbocycles. The van der Waals surface area contributed by atoms with Crippen molar-refractivity contribution in [2.24, 2.45) is 5.73 Å². The Balaban J connectivity index is 2.61. The molecule has 0 amide bonds. The SMILES string of the molecule is C=CCCNC(CN)c1cncc(Br)c1. The summed E-state index contributed by atoms with van der Waals surface area (Å²) in [5, 5.41) is 3.36. The molecular weight excluding hydrogens is 254 g/mol. The van der Waals surface area contributed by atoms with Gasteiger partial charge in [0.15, 0.2) is 0 Å². The lowest BCUT2D eigenvalue weighted by Gasteiger charge is -2.16. The molecule has 0 aliphatic heterocycles. The summed E-state index contributed by atoms with van der Waals surface area (Å²) in [6, 6.07) is 2.20. The smallest absolute Gasteiger partial charge is 0.0460 e. The highest BCUT2D eigenvalue weighted by Gasteiger charge is 2.08. The van der Waals surface area contributed by atoms with Crippen LogP contribution in [0.15, 0.2) is 35.6 Å². The average molecular weight is 270 g/mol. The molecule has 1 aromatic heterocycles. The Morgan fingerprint density at radius 1 is 1.60 bits per heavy atom. The lowest BCUT2D eigenvalue weighted by atomic mass is 10.1. The highest BCUT2D eigenvalue weighted by atomic mass is 79.9. The zero-order chi connectivity index (χ0) is 11.1. The van der Waals surface area contributed by atoms with Gasteiger partial charge >= 0.3 is 0 Å². The minimum absolute atomic E-state index is 0.162. The van der Waals surface area contributed by atoms with Crippen molar-refractivity contribution in [2.75, 3.05) is 13.1 Å². The van der Waals surface area contributed by atoms with Gasteiger partial charge in [-0.05, 0) is 40.5 Å². The highest BCUT2D eigenvalue weighted by molar-refractivity contribution is 9.10. The second kappa shape index (κ2) is 6.71. The number of pyridine rings is 1. The zero-order valence-corrected chi connectivity index (χ0v) is 10.2. The maximum atomic E-state index is 5.71. The summed E-state index contributed by atoms with van der Waals surface area (Å²) in [4.78, 5) is 4.12. The van der Waals surface area contributed by atoms with Gasteiger partial charge in [-0.25, -0.2) is 0 Å². The number of nitrogens with two attached hydrogens (primary N) is 1. The van der Waals surface area contributed by atoms with Gasteiger partial charge in [0.05, 0.1) is 0 Å². The van der Waals surface area contributed by atoms with E-state index in [2.05, 4.69) is 32.8 Å². The van der Waals surface area contributed by atoms with Crippen LogP contribution in [0.3, 0.4) is 0 Å². The molecular formula is C11H16BrN3. The molecule has 0 aliphatic rings. The summed E-state index contributed by atoms with van der Waals surface area (Å²) in [6.07, 6.45) is 6.43. The fraction of sp³-hybridized carbons (Fsp3) is 0.364. The Kier molecular flexibility index (Phi) is 5.53. The topological polar surface area (TPSA) is 50.9 Å². The van der Waals surface area contributed by atoms with Crippen LogP contribution in [-0.4, -0.2) is 18.1 Å². The molecule has 0 bridgehead atoms. The number of halogens is 1. The quantitative estimate of drug-likeness (QED) is 0.614. The molecule has 15 heavy (non-hydrogen) atoms. The van der Waals surface area contributed by atoms with Gasteiger partial charge in [0.2, 0.25) is 0 Å². The number of hydrogen-bond acceptors (Lipinski definition) is 3. The van der Waals surface area contributed by atoms with Gasteiger partial charge in [0, 0.05) is 29.5 Å². The van der Waals surface area contributed by atoms with Crippen LogP contribution in [0.1, 0.15) is 18.0 Å². The van der Waals surface area contributed by atoms with E-state index in [0.717, 1.165) is 23.0 Å². The maximum absolute atomic E-state index is 5.71. The van der Waals surface area contributed by atoms with Crippen LogP contribution in [0.4, 0.5) is 0 Å². The van der Waals surface area contributed by atoms with Crippen molar-refractivity contribution >= 4 is 15.9 Å². The molecule has 0 saturated heterocycles. The van der Waals surface area contributed by atoms with Crippen LogP contribution in [0.2, 0.25) is 0 Å². The van der Waals surface area contributed by atoms with E-state index >= 15 is 0 Å². The highest BCUT2D eigenvalue weighted by Crippen LogP contribution is 2.15. The number of rotatable bonds is 6. The summed E-state index contributed by atoms with van der Waals surface area (Å²) in [5.74, 6) is 0. The fourth-order valence-electron chi connectivity index (χ4n) is 1.32. The predicted molar refractivity (Wildman–Crippen MR) is 66.5 cm³/mol. The largest absolute Gasteiger partial charge is 0.329 e. The first-order valence-corrected chi connectivity index (χ1v) is 5.72. The number of hydrogen-bond donors (Lipinski definition) is 2. The molecule has 0 fully saturated rings. The van der Waals surface area contributed by atoms with Gasteiger partial charge in [0.25, 0.3) is 0 Å². The molecule has 82 valence electrons. The molecule has 0 saturated carbocycles. The standard InChI is InChI=1S/C11H16BrN3/c1-2-3-4-15-11(6-13)9-5-10(12)8-14-7-9/h2,5,7-8,11,15H,1,3-4,6,13H2. The molecule has 0 aliphatic carbocycles. The summed E-state index contributed by atoms with van der Waals surface area (Å²) in [5.41, 5.74) is 6.81. The molecule has 1 unspecified atom stereocenters. The van der Waals surface area contributed by atoms with Gasteiger partial charge in [-0.3, -0.25) is 4.98 Å². The number of nitrogens with one attached hydrogen (secondary N) is 1. The van der Waals surface area contributed by atoms with Gasteiger partial charge < -0.3 is 11.1 Å². The summed E-state index contributed by atoms with van der Waals surface area (Å²) in [7, 11) is 0. The molecule has 1 atom stereocenters. The molecule has 1 aromatic rings. The molecule has 0 radical (unpaired) electrons. The van der Waals surface area contributed by atoms with Gasteiger partial charge in [-0.15, -0.1) is 6.58 Å². The van der Waals surface area contributed by atoms with Crippen LogP contribution in [0, 0.1) is 0 Å². The Labute approximate surface area is 98.9 Å². The third-order valence-corrected chi connectivity index (χ3v) is 2.54. The molecule has 0 spiro atoms. The van der Waals surface area contributed by atoms with Crippen molar-refractivity contribution in [3.05, 3.63) is 41.2 Å². The summed E-state index contributed by atoms with van der Waals surface area (Å²) in [6.45, 7) is 5.13. The lowest BCUT2D eigenvalue weighted by molar-refractivity contribution is 0.546. The van der Waals surface area contributed by atoms with Gasteiger partial charge in [0.1, 0.15) is 0 Å². The van der Waals surface area contributed by atoms with E-state index in [-0.39, 0.29) is 6.04 Å². The Hall–Kier alpha value is -0.710. The van der Waals surface area contributed by atoms with E-state index in [9.17, 15) is 0 Å². The van der Waals surface area contributed by atoms with Gasteiger partial charge in [-0.1, -0.05) is 6.08 Å². The minimum atomic E-state index is 0.162. The molecule has 1 heterocycles. The molecule has 4 heteroatoms. The molecule has 1 rings (SSSR count). The van der Waals surface area contributed by atoms with Crippen molar-refractivity contribution in [1.82, 2.24) is 10.3 Å². The minimum Gasteiger partial charge on any atom is -0.329 e. The first-order valence-electron chi connectivity index (χ1n) is 4.92. The maximum Gasteiger partial charge on any atom is 0.0460 e. The van der Waals surface area contributed by atoms with Crippen molar-refractivity contribution in [3.8, 4) is 0 Å². The Morgan fingerprint density at radius 3 is 3.00 bits per heavy atom. The van der Waals surface area contributed by atoms with Crippen LogP contribution in [0.25, 0.3) is 0 Å². The fourth-order valence-corrected chi connectivity index (χ4v) is 1.70. The predicted octanol–water partition coefficient (Wildman–Crippen LogP) is 2.01. The van der Waals surface area contributed by atoms with Crippen LogP contribution >= 0.6 is 15.9 Å². The molecule has 3 nitrogen and oxygen atoms in total. The van der Waals surface area contributed by atoms with Crippen molar-refractivity contribution in [1.29, 1.82) is 0 Å². The van der Waals surface area contributed by atoms with E-state index in [1.165, 1.54) is 0 Å². The second-order valence-electron chi connectivity index (χ2n) is 3.26.